The third-order valence-electron chi connectivity index (χ3n) is 3.69. The first-order valence-electron chi connectivity index (χ1n) is 8.29. The van der Waals surface area contributed by atoms with Crippen LogP contribution in [0.2, 0.25) is 0 Å². The number of thiophene rings is 1. The van der Waals surface area contributed by atoms with Crippen LogP contribution in [0.15, 0.2) is 52.5 Å². The number of aromatic nitrogens is 1. The molecule has 0 fully saturated rings. The summed E-state index contributed by atoms with van der Waals surface area (Å²) in [6.45, 7) is 0.903. The van der Waals surface area contributed by atoms with E-state index in [0.29, 0.717) is 31.5 Å². The lowest BCUT2D eigenvalue weighted by Crippen LogP contribution is -2.27. The number of nitrogens with zero attached hydrogens (tertiary/aromatic N) is 1. The largest absolute Gasteiger partial charge is 0.352 e. The summed E-state index contributed by atoms with van der Waals surface area (Å²) in [5.41, 5.74) is 2.60. The van der Waals surface area contributed by atoms with Gasteiger partial charge in [-0.3, -0.25) is 9.59 Å². The van der Waals surface area contributed by atoms with Gasteiger partial charge in [0.2, 0.25) is 5.91 Å². The first kappa shape index (κ1) is 18.3. The third kappa shape index (κ3) is 5.24. The molecule has 7 heteroatoms. The lowest BCUT2D eigenvalue weighted by atomic mass is 10.2. The number of hydrogen-bond acceptors (Lipinski definition) is 5. The summed E-state index contributed by atoms with van der Waals surface area (Å²) < 4.78 is 0. The van der Waals surface area contributed by atoms with E-state index in [0.717, 1.165) is 16.3 Å². The van der Waals surface area contributed by atoms with Gasteiger partial charge in [0.1, 0.15) is 5.01 Å². The first-order chi connectivity index (χ1) is 12.7. The summed E-state index contributed by atoms with van der Waals surface area (Å²) in [4.78, 5) is 28.2. The van der Waals surface area contributed by atoms with E-state index in [9.17, 15) is 9.59 Å². The second-order valence-corrected chi connectivity index (χ2v) is 7.30. The Balaban J connectivity index is 1.35. The van der Waals surface area contributed by atoms with Gasteiger partial charge in [0, 0.05) is 34.9 Å². The van der Waals surface area contributed by atoms with Gasteiger partial charge in [0.25, 0.3) is 5.91 Å². The number of benzene rings is 1. The molecular weight excluding hydrogens is 366 g/mol. The highest BCUT2D eigenvalue weighted by molar-refractivity contribution is 7.13. The minimum Gasteiger partial charge on any atom is -0.352 e. The Bertz CT molecular complexity index is 845. The summed E-state index contributed by atoms with van der Waals surface area (Å²) in [7, 11) is 0. The molecule has 3 aromatic rings. The Labute approximate surface area is 160 Å². The topological polar surface area (TPSA) is 71.1 Å². The molecule has 0 saturated heterocycles. The van der Waals surface area contributed by atoms with E-state index in [-0.39, 0.29) is 11.8 Å². The Morgan fingerprint density at radius 3 is 2.65 bits per heavy atom. The van der Waals surface area contributed by atoms with E-state index in [1.165, 1.54) is 11.3 Å². The molecule has 0 spiro atoms. The maximum atomic E-state index is 11.9. The van der Waals surface area contributed by atoms with Gasteiger partial charge in [-0.05, 0) is 17.9 Å². The van der Waals surface area contributed by atoms with Crippen molar-refractivity contribution in [1.29, 1.82) is 0 Å². The molecule has 3 rings (SSSR count). The zero-order valence-electron chi connectivity index (χ0n) is 14.1. The zero-order valence-corrected chi connectivity index (χ0v) is 15.7. The number of carbonyl (C=O) groups is 2. The van der Waals surface area contributed by atoms with Crippen LogP contribution in [0.1, 0.15) is 28.9 Å². The Hall–Kier alpha value is -2.51. The molecule has 0 atom stereocenters. The average Bonchev–Trinajstić information content (AvgIpc) is 3.36. The van der Waals surface area contributed by atoms with E-state index in [2.05, 4.69) is 15.6 Å². The van der Waals surface area contributed by atoms with Crippen LogP contribution in [-0.4, -0.2) is 23.3 Å². The number of hydrogen-bond donors (Lipinski definition) is 2. The Morgan fingerprint density at radius 2 is 1.88 bits per heavy atom. The van der Waals surface area contributed by atoms with Crippen LogP contribution in [0.4, 0.5) is 0 Å². The van der Waals surface area contributed by atoms with Gasteiger partial charge in [-0.25, -0.2) is 4.98 Å². The SMILES string of the molecule is O=C(CCCNC(=O)c1ccsc1)NCc1csc(-c2ccccc2)n1. The summed E-state index contributed by atoms with van der Waals surface area (Å²) in [6, 6.07) is 11.8. The lowest BCUT2D eigenvalue weighted by molar-refractivity contribution is -0.121. The fourth-order valence-corrected chi connectivity index (χ4v) is 3.79. The van der Waals surface area contributed by atoms with Crippen LogP contribution < -0.4 is 10.6 Å². The van der Waals surface area contributed by atoms with E-state index in [1.54, 1.807) is 22.8 Å². The third-order valence-corrected chi connectivity index (χ3v) is 5.31. The molecule has 0 radical (unpaired) electrons. The predicted octanol–water partition coefficient (Wildman–Crippen LogP) is 3.70. The Kier molecular flexibility index (Phi) is 6.51. The van der Waals surface area contributed by atoms with Crippen molar-refractivity contribution in [1.82, 2.24) is 15.6 Å². The summed E-state index contributed by atoms with van der Waals surface area (Å²) >= 11 is 3.06. The summed E-state index contributed by atoms with van der Waals surface area (Å²) in [6.07, 6.45) is 0.980. The molecule has 0 aliphatic heterocycles. The average molecular weight is 386 g/mol. The van der Waals surface area contributed by atoms with Gasteiger partial charge in [0.05, 0.1) is 12.2 Å². The van der Waals surface area contributed by atoms with Crippen molar-refractivity contribution in [2.24, 2.45) is 0 Å². The van der Waals surface area contributed by atoms with Gasteiger partial charge in [-0.15, -0.1) is 11.3 Å². The van der Waals surface area contributed by atoms with Crippen molar-refractivity contribution in [2.45, 2.75) is 19.4 Å². The van der Waals surface area contributed by atoms with Crippen LogP contribution in [0.3, 0.4) is 0 Å². The van der Waals surface area contributed by atoms with Crippen molar-refractivity contribution in [3.05, 3.63) is 63.8 Å². The summed E-state index contributed by atoms with van der Waals surface area (Å²) in [5, 5.41) is 12.3. The molecule has 134 valence electrons. The molecule has 26 heavy (non-hydrogen) atoms. The normalized spacial score (nSPS) is 10.5. The molecule has 0 saturated carbocycles. The highest BCUT2D eigenvalue weighted by Crippen LogP contribution is 2.23. The van der Waals surface area contributed by atoms with Crippen LogP contribution in [0.5, 0.6) is 0 Å². The zero-order chi connectivity index (χ0) is 18.2. The summed E-state index contributed by atoms with van der Waals surface area (Å²) in [5.74, 6) is -0.133. The fraction of sp³-hybridized carbons (Fsp3) is 0.211. The minimum absolute atomic E-state index is 0.0379. The molecule has 0 unspecified atom stereocenters. The van der Waals surface area contributed by atoms with E-state index in [4.69, 9.17) is 0 Å². The van der Waals surface area contributed by atoms with Crippen molar-refractivity contribution >= 4 is 34.5 Å². The maximum Gasteiger partial charge on any atom is 0.252 e. The number of carbonyl (C=O) groups excluding carboxylic acids is 2. The molecule has 5 nitrogen and oxygen atoms in total. The van der Waals surface area contributed by atoms with Gasteiger partial charge in [0.15, 0.2) is 0 Å². The van der Waals surface area contributed by atoms with Crippen LogP contribution in [0, 0.1) is 0 Å². The molecule has 2 amide bonds. The van der Waals surface area contributed by atoms with Gasteiger partial charge >= 0.3 is 0 Å². The molecule has 1 aromatic carbocycles. The molecule has 0 aliphatic rings. The second-order valence-electron chi connectivity index (χ2n) is 5.66. The fourth-order valence-electron chi connectivity index (χ4n) is 2.33. The van der Waals surface area contributed by atoms with E-state index < -0.39 is 0 Å². The van der Waals surface area contributed by atoms with Crippen LogP contribution in [0.25, 0.3) is 10.6 Å². The van der Waals surface area contributed by atoms with E-state index in [1.807, 2.05) is 41.1 Å². The van der Waals surface area contributed by atoms with E-state index >= 15 is 0 Å². The molecule has 2 N–H and O–H groups in total. The quantitative estimate of drug-likeness (QED) is 0.581. The number of thiazole rings is 1. The van der Waals surface area contributed by atoms with Gasteiger partial charge in [-0.1, -0.05) is 30.3 Å². The number of rotatable bonds is 8. The highest BCUT2D eigenvalue weighted by Gasteiger charge is 2.08. The highest BCUT2D eigenvalue weighted by atomic mass is 32.1. The first-order valence-corrected chi connectivity index (χ1v) is 10.1. The van der Waals surface area contributed by atoms with Crippen molar-refractivity contribution in [3.8, 4) is 10.6 Å². The smallest absolute Gasteiger partial charge is 0.252 e. The Morgan fingerprint density at radius 1 is 1.04 bits per heavy atom. The standard InChI is InChI=1S/C19H19N3O2S2/c23-17(7-4-9-20-18(24)15-8-10-25-12-15)21-11-16-13-26-19(22-16)14-5-2-1-3-6-14/h1-3,5-6,8,10,12-13H,4,7,9,11H2,(H,20,24)(H,21,23). The second kappa shape index (κ2) is 9.26. The van der Waals surface area contributed by atoms with Crippen molar-refractivity contribution < 1.29 is 9.59 Å². The minimum atomic E-state index is -0.0948. The molecule has 0 bridgehead atoms. The predicted molar refractivity (Wildman–Crippen MR) is 105 cm³/mol. The lowest BCUT2D eigenvalue weighted by Gasteiger charge is -2.05. The molecule has 2 aromatic heterocycles. The number of amides is 2. The monoisotopic (exact) mass is 385 g/mol. The molecule has 2 heterocycles. The number of nitrogens with one attached hydrogen (secondary N) is 2. The van der Waals surface area contributed by atoms with Gasteiger partial charge in [-0.2, -0.15) is 11.3 Å². The van der Waals surface area contributed by atoms with Crippen LogP contribution in [-0.2, 0) is 11.3 Å². The van der Waals surface area contributed by atoms with Crippen molar-refractivity contribution in [2.75, 3.05) is 6.54 Å². The van der Waals surface area contributed by atoms with Crippen molar-refractivity contribution in [3.63, 3.8) is 0 Å². The van der Waals surface area contributed by atoms with Gasteiger partial charge < -0.3 is 10.6 Å². The molecule has 0 aliphatic carbocycles. The molecular formula is C19H19N3O2S2. The van der Waals surface area contributed by atoms with Crippen LogP contribution >= 0.6 is 22.7 Å². The maximum absolute atomic E-state index is 11.9.